The minimum atomic E-state index is -3.69. The Morgan fingerprint density at radius 3 is 2.28 bits per heavy atom. The number of ether oxygens (including phenoxy) is 3. The maximum Gasteiger partial charge on any atom is 0.410 e. The molecule has 1 amide bonds. The van der Waals surface area contributed by atoms with Gasteiger partial charge in [0.15, 0.2) is 11.6 Å². The molecular weight excluding hydrogens is 737 g/mol. The van der Waals surface area contributed by atoms with Gasteiger partial charge in [0.05, 0.1) is 16.7 Å². The van der Waals surface area contributed by atoms with E-state index in [9.17, 15) is 26.8 Å². The SMILES string of the molecule is CCS(=O)(=O)Nc1ccc(Oc2ccc(F)cc2F)c(-c2cn(C)c(=O)c3cc(CN4CCN(C(=O)OC(C)(C)C)CC4)n(COCC[Si](C)(C)C)c23)c1. The number of carbonyl (C=O) groups is 1. The number of aryl methyl sites for hydroxylation is 1. The number of piperazine rings is 1. The minimum absolute atomic E-state index is 0.117. The number of rotatable bonds is 13. The zero-order valence-corrected chi connectivity index (χ0v) is 34.1. The fraction of sp³-hybridized carbons (Fsp3) is 0.474. The van der Waals surface area contributed by atoms with Crippen LogP contribution in [0.4, 0.5) is 19.3 Å². The topological polar surface area (TPSA) is 124 Å². The highest BCUT2D eigenvalue weighted by Crippen LogP contribution is 2.40. The van der Waals surface area contributed by atoms with Crippen molar-refractivity contribution in [2.75, 3.05) is 43.3 Å². The van der Waals surface area contributed by atoms with Crippen LogP contribution >= 0.6 is 0 Å². The number of fused-ring (bicyclic) bond motifs is 1. The van der Waals surface area contributed by atoms with Crippen LogP contribution in [-0.4, -0.2) is 85.7 Å². The molecule has 1 N–H and O–H groups in total. The summed E-state index contributed by atoms with van der Waals surface area (Å²) in [5, 5.41) is 0.393. The average molecular weight is 788 g/mol. The van der Waals surface area contributed by atoms with E-state index in [-0.39, 0.29) is 41.3 Å². The second-order valence-electron chi connectivity index (χ2n) is 15.8. The molecule has 0 spiro atoms. The number of hydrogen-bond donors (Lipinski definition) is 1. The lowest BCUT2D eigenvalue weighted by atomic mass is 10.0. The zero-order chi connectivity index (χ0) is 39.6. The van der Waals surface area contributed by atoms with E-state index in [1.54, 1.807) is 24.2 Å². The molecule has 2 aromatic heterocycles. The minimum Gasteiger partial charge on any atom is -0.454 e. The molecular formula is C38H51F2N5O7SSi. The number of benzene rings is 2. The van der Waals surface area contributed by atoms with E-state index in [1.165, 1.54) is 29.7 Å². The number of nitrogens with zero attached hydrogens (tertiary/aromatic N) is 4. The predicted octanol–water partition coefficient (Wildman–Crippen LogP) is 7.20. The number of nitrogens with one attached hydrogen (secondary N) is 1. The summed E-state index contributed by atoms with van der Waals surface area (Å²) in [7, 11) is -3.51. The van der Waals surface area contributed by atoms with Crippen LogP contribution in [0.1, 0.15) is 33.4 Å². The molecule has 5 rings (SSSR count). The van der Waals surface area contributed by atoms with Gasteiger partial charge in [-0.2, -0.15) is 0 Å². The molecule has 1 fully saturated rings. The number of amides is 1. The number of pyridine rings is 1. The number of sulfonamides is 1. The van der Waals surface area contributed by atoms with Crippen molar-refractivity contribution in [1.29, 1.82) is 0 Å². The van der Waals surface area contributed by atoms with Crippen LogP contribution in [0.3, 0.4) is 0 Å². The summed E-state index contributed by atoms with van der Waals surface area (Å²) >= 11 is 0. The van der Waals surface area contributed by atoms with E-state index in [2.05, 4.69) is 29.3 Å². The van der Waals surface area contributed by atoms with Crippen molar-refractivity contribution < 1.29 is 36.2 Å². The second-order valence-corrected chi connectivity index (χ2v) is 23.4. The normalized spacial score (nSPS) is 14.4. The van der Waals surface area contributed by atoms with Crippen molar-refractivity contribution in [2.24, 2.45) is 7.05 Å². The van der Waals surface area contributed by atoms with Gasteiger partial charge in [-0.25, -0.2) is 22.0 Å². The summed E-state index contributed by atoms with van der Waals surface area (Å²) in [6.07, 6.45) is 1.27. The molecule has 0 radical (unpaired) electrons. The van der Waals surface area contributed by atoms with E-state index in [4.69, 9.17) is 14.2 Å². The molecule has 54 heavy (non-hydrogen) atoms. The first-order valence-corrected chi connectivity index (χ1v) is 23.4. The molecule has 2 aromatic carbocycles. The second kappa shape index (κ2) is 16.2. The lowest BCUT2D eigenvalue weighted by Crippen LogP contribution is -2.49. The number of carbonyl (C=O) groups excluding carboxylic acids is 1. The van der Waals surface area contributed by atoms with E-state index >= 15 is 0 Å². The van der Waals surface area contributed by atoms with Gasteiger partial charge in [0.2, 0.25) is 10.0 Å². The molecule has 0 saturated carbocycles. The Balaban J connectivity index is 1.62. The Hall–Kier alpha value is -4.25. The van der Waals surface area contributed by atoms with Crippen molar-refractivity contribution in [1.82, 2.24) is 18.9 Å². The van der Waals surface area contributed by atoms with Gasteiger partial charge in [0.1, 0.15) is 23.9 Å². The summed E-state index contributed by atoms with van der Waals surface area (Å²) in [6.45, 7) is 16.9. The maximum absolute atomic E-state index is 14.9. The molecule has 3 heterocycles. The molecule has 294 valence electrons. The van der Waals surface area contributed by atoms with Gasteiger partial charge in [-0.05, 0) is 70.1 Å². The first-order valence-electron chi connectivity index (χ1n) is 18.0. The monoisotopic (exact) mass is 787 g/mol. The fourth-order valence-corrected chi connectivity index (χ4v) is 7.42. The third kappa shape index (κ3) is 10.3. The summed E-state index contributed by atoms with van der Waals surface area (Å²) < 4.78 is 77.9. The molecule has 0 atom stereocenters. The van der Waals surface area contributed by atoms with Gasteiger partial charge in [-0.1, -0.05) is 19.6 Å². The first-order chi connectivity index (χ1) is 25.2. The number of anilines is 1. The van der Waals surface area contributed by atoms with Gasteiger partial charge >= 0.3 is 6.09 Å². The third-order valence-electron chi connectivity index (χ3n) is 8.97. The predicted molar refractivity (Wildman–Crippen MR) is 209 cm³/mol. The van der Waals surface area contributed by atoms with Gasteiger partial charge in [0.25, 0.3) is 5.56 Å². The quantitative estimate of drug-likeness (QED) is 0.112. The largest absolute Gasteiger partial charge is 0.454 e. The van der Waals surface area contributed by atoms with Gasteiger partial charge in [-0.15, -0.1) is 0 Å². The Kier molecular flexibility index (Phi) is 12.3. The van der Waals surface area contributed by atoms with Gasteiger partial charge in [0, 0.05) is 89.2 Å². The smallest absolute Gasteiger partial charge is 0.410 e. The highest BCUT2D eigenvalue weighted by Gasteiger charge is 2.28. The number of hydrogen-bond acceptors (Lipinski definition) is 8. The molecule has 1 saturated heterocycles. The molecule has 0 bridgehead atoms. The van der Waals surface area contributed by atoms with Crippen LogP contribution in [0.2, 0.25) is 25.7 Å². The molecule has 4 aromatic rings. The molecule has 0 aliphatic carbocycles. The number of aromatic nitrogens is 2. The number of halogens is 2. The Morgan fingerprint density at radius 2 is 1.65 bits per heavy atom. The zero-order valence-electron chi connectivity index (χ0n) is 32.3. The van der Waals surface area contributed by atoms with Crippen molar-refractivity contribution in [3.05, 3.63) is 76.3 Å². The lowest BCUT2D eigenvalue weighted by molar-refractivity contribution is 0.0135. The van der Waals surface area contributed by atoms with Crippen LogP contribution in [-0.2, 0) is 39.8 Å². The van der Waals surface area contributed by atoms with Crippen LogP contribution in [0.25, 0.3) is 22.0 Å². The Bertz CT molecular complexity index is 2170. The highest BCUT2D eigenvalue weighted by atomic mass is 32.2. The van der Waals surface area contributed by atoms with E-state index in [0.29, 0.717) is 67.4 Å². The average Bonchev–Trinajstić information content (AvgIpc) is 3.43. The maximum atomic E-state index is 14.9. The van der Waals surface area contributed by atoms with Gasteiger partial charge < -0.3 is 28.2 Å². The van der Waals surface area contributed by atoms with Crippen molar-refractivity contribution in [2.45, 2.75) is 72.3 Å². The van der Waals surface area contributed by atoms with Gasteiger partial charge in [-0.3, -0.25) is 14.4 Å². The van der Waals surface area contributed by atoms with E-state index < -0.39 is 35.3 Å². The summed E-state index contributed by atoms with van der Waals surface area (Å²) in [5.74, 6) is -1.95. The standard InChI is InChI=1S/C38H51F2N5O7SSi/c1-9-53(48,49)41-27-11-13-33(51-34-12-10-26(39)20-32(34)40)29(21-27)31-24-42(5)36(46)30-22-28(45(35(30)31)25-50-18-19-54(6,7)8)23-43-14-16-44(17-15-43)37(47)52-38(2,3)4/h10-13,20-22,24,41H,9,14-19,23,25H2,1-8H3. The van der Waals surface area contributed by atoms with Crippen molar-refractivity contribution in [3.63, 3.8) is 0 Å². The molecule has 12 nitrogen and oxygen atoms in total. The van der Waals surface area contributed by atoms with Crippen LogP contribution in [0, 0.1) is 11.6 Å². The van der Waals surface area contributed by atoms with E-state index in [1.807, 2.05) is 31.4 Å². The van der Waals surface area contributed by atoms with Crippen molar-refractivity contribution >= 4 is 40.8 Å². The summed E-state index contributed by atoms with van der Waals surface area (Å²) in [6, 6.07) is 10.3. The Morgan fingerprint density at radius 1 is 0.963 bits per heavy atom. The molecule has 1 aliphatic rings. The summed E-state index contributed by atoms with van der Waals surface area (Å²) in [4.78, 5) is 30.5. The molecule has 16 heteroatoms. The molecule has 0 unspecified atom stereocenters. The lowest BCUT2D eigenvalue weighted by Gasteiger charge is -2.35. The first kappa shape index (κ1) is 40.9. The van der Waals surface area contributed by atoms with Crippen LogP contribution in [0.5, 0.6) is 11.5 Å². The highest BCUT2D eigenvalue weighted by molar-refractivity contribution is 7.92. The Labute approximate surface area is 316 Å². The third-order valence-corrected chi connectivity index (χ3v) is 12.0. The van der Waals surface area contributed by atoms with Crippen LogP contribution in [0.15, 0.2) is 53.5 Å². The van der Waals surface area contributed by atoms with E-state index in [0.717, 1.165) is 17.8 Å². The van der Waals surface area contributed by atoms with Crippen LogP contribution < -0.4 is 15.0 Å². The molecule has 1 aliphatic heterocycles. The van der Waals surface area contributed by atoms with Crippen molar-refractivity contribution in [3.8, 4) is 22.6 Å². The fourth-order valence-electron chi connectivity index (χ4n) is 6.03. The summed E-state index contributed by atoms with van der Waals surface area (Å²) in [5.41, 5.74) is 1.53.